The van der Waals surface area contributed by atoms with E-state index >= 15 is 0 Å². The number of rotatable bonds is 10. The van der Waals surface area contributed by atoms with Crippen molar-refractivity contribution >= 4 is 27.1 Å². The lowest BCUT2D eigenvalue weighted by Gasteiger charge is -2.21. The van der Waals surface area contributed by atoms with Crippen LogP contribution < -0.4 is 4.74 Å². The molecule has 9 heteroatoms. The third-order valence-electron chi connectivity index (χ3n) is 5.20. The number of methoxy groups -OCH3 is 2. The molecule has 176 valence electrons. The van der Waals surface area contributed by atoms with Gasteiger partial charge in [-0.15, -0.1) is 0 Å². The number of nitrogens with zero attached hydrogens (tertiary/aromatic N) is 1. The normalized spacial score (nSPS) is 11.9. The molecule has 33 heavy (non-hydrogen) atoms. The second-order valence-electron chi connectivity index (χ2n) is 7.39. The summed E-state index contributed by atoms with van der Waals surface area (Å²) in [6, 6.07) is 12.5. The molecule has 0 atom stereocenters. The number of benzene rings is 2. The highest BCUT2D eigenvalue weighted by Crippen LogP contribution is 2.25. The van der Waals surface area contributed by atoms with E-state index < -0.39 is 16.2 Å². The van der Waals surface area contributed by atoms with Crippen LogP contribution in [0, 0.1) is 6.92 Å². The number of aromatic nitrogens is 1. The van der Waals surface area contributed by atoms with Gasteiger partial charge in [-0.25, -0.2) is 13.2 Å². The summed E-state index contributed by atoms with van der Waals surface area (Å²) in [6.07, 6.45) is 4.85. The molecule has 3 rings (SSSR count). The van der Waals surface area contributed by atoms with Crippen molar-refractivity contribution in [2.45, 2.75) is 18.2 Å². The van der Waals surface area contributed by atoms with Crippen LogP contribution in [-0.4, -0.2) is 57.8 Å². The molecule has 3 aromatic rings. The van der Waals surface area contributed by atoms with Gasteiger partial charge in [0.15, 0.2) is 0 Å². The van der Waals surface area contributed by atoms with E-state index in [4.69, 9.17) is 9.47 Å². The van der Waals surface area contributed by atoms with E-state index in [0.717, 1.165) is 27.8 Å². The van der Waals surface area contributed by atoms with Gasteiger partial charge in [-0.3, -0.25) is 0 Å². The molecular weight excluding hydrogens is 444 g/mol. The number of fused-ring (bicyclic) bond motifs is 1. The number of hydrogen-bond donors (Lipinski definition) is 1. The zero-order valence-electron chi connectivity index (χ0n) is 18.9. The molecule has 0 bridgehead atoms. The van der Waals surface area contributed by atoms with Crippen molar-refractivity contribution in [1.82, 2.24) is 9.29 Å². The standard InChI is InChI=1S/C24H28N2O6S/c1-18-6-9-21(10-7-18)33(28,29)26(13-4-5-15-32-24(27)31-3)14-12-19-17-25-23-11-8-20(30-2)16-22(19)23/h4-11,16-17,25H,12-15H2,1-3H3/b5-4+. The number of aryl methyl sites for hydroxylation is 1. The van der Waals surface area contributed by atoms with Crippen molar-refractivity contribution in [3.63, 3.8) is 0 Å². The first-order valence-electron chi connectivity index (χ1n) is 10.4. The average Bonchev–Trinajstić information content (AvgIpc) is 3.22. The van der Waals surface area contributed by atoms with Gasteiger partial charge in [-0.2, -0.15) is 4.31 Å². The van der Waals surface area contributed by atoms with Crippen LogP contribution in [0.4, 0.5) is 4.79 Å². The number of hydrogen-bond acceptors (Lipinski definition) is 6. The molecule has 0 saturated heterocycles. The summed E-state index contributed by atoms with van der Waals surface area (Å²) in [5.41, 5.74) is 2.93. The van der Waals surface area contributed by atoms with Crippen molar-refractivity contribution in [1.29, 1.82) is 0 Å². The first-order chi connectivity index (χ1) is 15.8. The summed E-state index contributed by atoms with van der Waals surface area (Å²) in [5.74, 6) is 0.737. The molecule has 2 aromatic carbocycles. The fourth-order valence-electron chi connectivity index (χ4n) is 3.34. The summed E-state index contributed by atoms with van der Waals surface area (Å²) < 4.78 is 42.6. The minimum Gasteiger partial charge on any atom is -0.497 e. The maximum Gasteiger partial charge on any atom is 0.508 e. The van der Waals surface area contributed by atoms with Gasteiger partial charge >= 0.3 is 6.16 Å². The summed E-state index contributed by atoms with van der Waals surface area (Å²) >= 11 is 0. The predicted octanol–water partition coefficient (Wildman–Crippen LogP) is 4.06. The van der Waals surface area contributed by atoms with Gasteiger partial charge in [0, 0.05) is 30.2 Å². The van der Waals surface area contributed by atoms with Gasteiger partial charge < -0.3 is 19.2 Å². The number of carbonyl (C=O) groups is 1. The van der Waals surface area contributed by atoms with Crippen LogP contribution in [0.1, 0.15) is 11.1 Å². The van der Waals surface area contributed by atoms with E-state index in [1.807, 2.05) is 31.3 Å². The fourth-order valence-corrected chi connectivity index (χ4v) is 4.73. The summed E-state index contributed by atoms with van der Waals surface area (Å²) in [4.78, 5) is 14.5. The highest BCUT2D eigenvalue weighted by atomic mass is 32.2. The van der Waals surface area contributed by atoms with Gasteiger partial charge in [0.1, 0.15) is 12.4 Å². The number of ether oxygens (including phenoxy) is 3. The Morgan fingerprint density at radius 1 is 1.09 bits per heavy atom. The van der Waals surface area contributed by atoms with Crippen LogP contribution >= 0.6 is 0 Å². The molecule has 0 amide bonds. The van der Waals surface area contributed by atoms with Crippen LogP contribution in [0.5, 0.6) is 5.75 Å². The van der Waals surface area contributed by atoms with E-state index in [9.17, 15) is 13.2 Å². The molecule has 0 aliphatic rings. The molecule has 0 aliphatic carbocycles. The highest BCUT2D eigenvalue weighted by Gasteiger charge is 2.23. The van der Waals surface area contributed by atoms with Gasteiger partial charge in [-0.1, -0.05) is 23.8 Å². The molecule has 8 nitrogen and oxygen atoms in total. The summed E-state index contributed by atoms with van der Waals surface area (Å²) in [5, 5.41) is 0.990. The zero-order valence-corrected chi connectivity index (χ0v) is 19.7. The Morgan fingerprint density at radius 2 is 1.85 bits per heavy atom. The maximum atomic E-state index is 13.3. The molecule has 1 aromatic heterocycles. The highest BCUT2D eigenvalue weighted by molar-refractivity contribution is 7.89. The van der Waals surface area contributed by atoms with Crippen LogP contribution in [0.25, 0.3) is 10.9 Å². The minimum absolute atomic E-state index is 0.00661. The molecule has 0 aliphatic heterocycles. The third-order valence-corrected chi connectivity index (χ3v) is 7.08. The third kappa shape index (κ3) is 6.15. The van der Waals surface area contributed by atoms with Crippen LogP contribution in [0.2, 0.25) is 0 Å². The average molecular weight is 473 g/mol. The van der Waals surface area contributed by atoms with Crippen molar-refractivity contribution in [2.75, 3.05) is 33.9 Å². The van der Waals surface area contributed by atoms with E-state index in [-0.39, 0.29) is 24.6 Å². The number of sulfonamides is 1. The van der Waals surface area contributed by atoms with E-state index in [1.54, 1.807) is 43.5 Å². The Labute approximate surface area is 193 Å². The van der Waals surface area contributed by atoms with Crippen molar-refractivity contribution in [2.24, 2.45) is 0 Å². The molecule has 0 spiro atoms. The summed E-state index contributed by atoms with van der Waals surface area (Å²) in [6.45, 7) is 2.30. The van der Waals surface area contributed by atoms with Crippen LogP contribution in [0.3, 0.4) is 0 Å². The Morgan fingerprint density at radius 3 is 2.55 bits per heavy atom. The first-order valence-corrected chi connectivity index (χ1v) is 11.9. The monoisotopic (exact) mass is 472 g/mol. The van der Waals surface area contributed by atoms with Crippen LogP contribution in [-0.2, 0) is 25.9 Å². The molecule has 0 fully saturated rings. The Hall–Kier alpha value is -3.30. The largest absolute Gasteiger partial charge is 0.508 e. The second kappa shape index (κ2) is 11.0. The fraction of sp³-hybridized carbons (Fsp3) is 0.292. The van der Waals surface area contributed by atoms with Crippen molar-refractivity contribution in [3.05, 3.63) is 71.9 Å². The van der Waals surface area contributed by atoms with Gasteiger partial charge in [0.25, 0.3) is 0 Å². The predicted molar refractivity (Wildman–Crippen MR) is 126 cm³/mol. The van der Waals surface area contributed by atoms with E-state index in [2.05, 4.69) is 9.72 Å². The van der Waals surface area contributed by atoms with E-state index in [0.29, 0.717) is 6.42 Å². The molecular formula is C24H28N2O6S. The first kappa shape index (κ1) is 24.3. The SMILES string of the molecule is COC(=O)OC/C=C/CN(CCc1c[nH]c2ccc(OC)cc12)S(=O)(=O)c1ccc(C)cc1. The lowest BCUT2D eigenvalue weighted by atomic mass is 10.1. The van der Waals surface area contributed by atoms with Gasteiger partial charge in [-0.05, 0) is 55.3 Å². The number of carbonyl (C=O) groups excluding carboxylic acids is 1. The quantitative estimate of drug-likeness (QED) is 0.353. The Balaban J connectivity index is 1.80. The number of aromatic amines is 1. The smallest absolute Gasteiger partial charge is 0.497 e. The molecule has 0 saturated carbocycles. The Bertz CT molecular complexity index is 1220. The second-order valence-corrected chi connectivity index (χ2v) is 9.33. The Kier molecular flexibility index (Phi) is 8.13. The minimum atomic E-state index is -3.73. The van der Waals surface area contributed by atoms with Crippen molar-refractivity contribution in [3.8, 4) is 5.75 Å². The molecule has 1 N–H and O–H groups in total. The number of H-pyrrole nitrogens is 1. The van der Waals surface area contributed by atoms with Crippen LogP contribution in [0.15, 0.2) is 65.7 Å². The van der Waals surface area contributed by atoms with Gasteiger partial charge in [0.05, 0.1) is 19.1 Å². The van der Waals surface area contributed by atoms with E-state index in [1.165, 1.54) is 11.4 Å². The zero-order chi connectivity index (χ0) is 23.8. The number of nitrogens with one attached hydrogen (secondary N) is 1. The maximum absolute atomic E-state index is 13.3. The summed E-state index contributed by atoms with van der Waals surface area (Å²) in [7, 11) is -0.895. The lowest BCUT2D eigenvalue weighted by molar-refractivity contribution is 0.0817. The molecule has 1 heterocycles. The van der Waals surface area contributed by atoms with Gasteiger partial charge in [0.2, 0.25) is 10.0 Å². The molecule has 0 unspecified atom stereocenters. The lowest BCUT2D eigenvalue weighted by Crippen LogP contribution is -2.33. The molecule has 0 radical (unpaired) electrons. The topological polar surface area (TPSA) is 97.9 Å². The van der Waals surface area contributed by atoms with Crippen molar-refractivity contribution < 1.29 is 27.4 Å².